The molecule has 2 aromatic rings. The lowest BCUT2D eigenvalue weighted by molar-refractivity contribution is -0.116. The molecule has 0 fully saturated rings. The summed E-state index contributed by atoms with van der Waals surface area (Å²) in [7, 11) is 3.45. The van der Waals surface area contributed by atoms with Crippen LogP contribution >= 0.6 is 15.9 Å². The summed E-state index contributed by atoms with van der Waals surface area (Å²) in [5, 5.41) is 2.91. The van der Waals surface area contributed by atoms with Gasteiger partial charge in [-0.2, -0.15) is 0 Å². The molecule has 0 aliphatic carbocycles. The Morgan fingerprint density at radius 1 is 1.08 bits per heavy atom. The second kappa shape index (κ2) is 8.11. The second-order valence-corrected chi connectivity index (χ2v) is 6.88. The van der Waals surface area contributed by atoms with Crippen LogP contribution < -0.4 is 5.32 Å². The van der Waals surface area contributed by atoms with Gasteiger partial charge in [-0.1, -0.05) is 28.1 Å². The van der Waals surface area contributed by atoms with E-state index >= 15 is 0 Å². The quantitative estimate of drug-likeness (QED) is 0.840. The van der Waals surface area contributed by atoms with Crippen LogP contribution in [0.25, 0.3) is 0 Å². The Balaban J connectivity index is 1.90. The van der Waals surface area contributed by atoms with Gasteiger partial charge in [-0.15, -0.1) is 0 Å². The van der Waals surface area contributed by atoms with Crippen molar-refractivity contribution < 1.29 is 9.59 Å². The molecule has 126 valence electrons. The van der Waals surface area contributed by atoms with Crippen LogP contribution in [0, 0.1) is 6.92 Å². The first-order valence-electron chi connectivity index (χ1n) is 7.73. The van der Waals surface area contributed by atoms with Gasteiger partial charge in [0, 0.05) is 36.2 Å². The molecule has 2 rings (SSSR count). The minimum atomic E-state index is -0.0269. The van der Waals surface area contributed by atoms with Gasteiger partial charge in [-0.3, -0.25) is 9.59 Å². The zero-order chi connectivity index (χ0) is 17.7. The predicted molar refractivity (Wildman–Crippen MR) is 100 cm³/mol. The zero-order valence-corrected chi connectivity index (χ0v) is 15.7. The molecule has 0 unspecified atom stereocenters. The van der Waals surface area contributed by atoms with Crippen LogP contribution in [0.3, 0.4) is 0 Å². The molecule has 0 aliphatic heterocycles. The summed E-state index contributed by atoms with van der Waals surface area (Å²) in [6.45, 7) is 1.98. The Morgan fingerprint density at radius 2 is 1.75 bits per heavy atom. The van der Waals surface area contributed by atoms with Crippen LogP contribution in [0.4, 0.5) is 5.69 Å². The molecular formula is C19H21BrN2O2. The van der Waals surface area contributed by atoms with E-state index in [1.165, 1.54) is 0 Å². The van der Waals surface area contributed by atoms with Crippen molar-refractivity contribution in [3.8, 4) is 0 Å². The highest BCUT2D eigenvalue weighted by Crippen LogP contribution is 2.19. The van der Waals surface area contributed by atoms with Crippen molar-refractivity contribution >= 4 is 33.4 Å². The number of aryl methyl sites for hydroxylation is 2. The van der Waals surface area contributed by atoms with Crippen molar-refractivity contribution in [3.63, 3.8) is 0 Å². The average molecular weight is 389 g/mol. The Hall–Kier alpha value is -2.14. The highest BCUT2D eigenvalue weighted by molar-refractivity contribution is 9.10. The number of nitrogens with one attached hydrogen (secondary N) is 1. The fourth-order valence-electron chi connectivity index (χ4n) is 2.36. The van der Waals surface area contributed by atoms with Crippen molar-refractivity contribution in [2.24, 2.45) is 0 Å². The van der Waals surface area contributed by atoms with Gasteiger partial charge in [0.05, 0.1) is 0 Å². The number of nitrogens with zero attached hydrogens (tertiary/aromatic N) is 1. The van der Waals surface area contributed by atoms with E-state index < -0.39 is 0 Å². The Labute approximate surface area is 151 Å². The first-order chi connectivity index (χ1) is 11.3. The van der Waals surface area contributed by atoms with Crippen LogP contribution in [0.15, 0.2) is 46.9 Å². The lowest BCUT2D eigenvalue weighted by Crippen LogP contribution is -2.21. The minimum Gasteiger partial charge on any atom is -0.345 e. The highest BCUT2D eigenvalue weighted by atomic mass is 79.9. The lowest BCUT2D eigenvalue weighted by atomic mass is 10.1. The molecule has 0 spiro atoms. The van der Waals surface area contributed by atoms with Crippen molar-refractivity contribution in [1.82, 2.24) is 4.90 Å². The van der Waals surface area contributed by atoms with Crippen molar-refractivity contribution in [2.75, 3.05) is 19.4 Å². The molecule has 2 amide bonds. The van der Waals surface area contributed by atoms with E-state index in [-0.39, 0.29) is 11.8 Å². The standard InChI is InChI=1S/C19H21BrN2O2/c1-13-10-16(20)12-17(11-13)21-18(23)9-6-14-4-7-15(8-5-14)19(24)22(2)3/h4-5,7-8,10-12H,6,9H2,1-3H3,(H,21,23). The van der Waals surface area contributed by atoms with Gasteiger partial charge in [-0.25, -0.2) is 0 Å². The highest BCUT2D eigenvalue weighted by Gasteiger charge is 2.08. The number of hydrogen-bond acceptors (Lipinski definition) is 2. The molecule has 1 N–H and O–H groups in total. The Bertz CT molecular complexity index is 719. The molecule has 0 saturated carbocycles. The number of anilines is 1. The van der Waals surface area contributed by atoms with E-state index in [9.17, 15) is 9.59 Å². The van der Waals surface area contributed by atoms with Crippen LogP contribution in [0.2, 0.25) is 0 Å². The van der Waals surface area contributed by atoms with E-state index in [0.717, 1.165) is 21.3 Å². The number of carbonyl (C=O) groups is 2. The van der Waals surface area contributed by atoms with Gasteiger partial charge in [-0.05, 0) is 54.8 Å². The molecule has 0 aromatic heterocycles. The number of hydrogen-bond donors (Lipinski definition) is 1. The molecule has 0 radical (unpaired) electrons. The van der Waals surface area contributed by atoms with E-state index in [1.807, 2.05) is 37.3 Å². The van der Waals surface area contributed by atoms with Crippen molar-refractivity contribution in [3.05, 3.63) is 63.6 Å². The molecule has 4 nitrogen and oxygen atoms in total. The number of halogens is 1. The molecule has 0 aliphatic rings. The van der Waals surface area contributed by atoms with Crippen molar-refractivity contribution in [1.29, 1.82) is 0 Å². The maximum atomic E-state index is 12.1. The minimum absolute atomic E-state index is 0.0238. The van der Waals surface area contributed by atoms with Crippen LogP contribution in [0.1, 0.15) is 27.9 Å². The van der Waals surface area contributed by atoms with E-state index in [0.29, 0.717) is 18.4 Å². The zero-order valence-electron chi connectivity index (χ0n) is 14.1. The van der Waals surface area contributed by atoms with Crippen LogP contribution in [-0.4, -0.2) is 30.8 Å². The lowest BCUT2D eigenvalue weighted by Gasteiger charge is -2.10. The van der Waals surface area contributed by atoms with Crippen molar-refractivity contribution in [2.45, 2.75) is 19.8 Å². The summed E-state index contributed by atoms with van der Waals surface area (Å²) in [5.74, 6) is -0.0507. The molecule has 0 bridgehead atoms. The van der Waals surface area contributed by atoms with Crippen LogP contribution in [-0.2, 0) is 11.2 Å². The summed E-state index contributed by atoms with van der Waals surface area (Å²) in [5.41, 5.74) is 3.56. The van der Waals surface area contributed by atoms with Gasteiger partial charge in [0.1, 0.15) is 0 Å². The number of amides is 2. The summed E-state index contributed by atoms with van der Waals surface area (Å²) in [6.07, 6.45) is 1.03. The van der Waals surface area contributed by atoms with Gasteiger partial charge in [0.2, 0.25) is 5.91 Å². The van der Waals surface area contributed by atoms with Gasteiger partial charge in [0.25, 0.3) is 5.91 Å². The molecule has 0 heterocycles. The molecular weight excluding hydrogens is 368 g/mol. The maximum Gasteiger partial charge on any atom is 0.253 e. The van der Waals surface area contributed by atoms with E-state index in [2.05, 4.69) is 21.2 Å². The van der Waals surface area contributed by atoms with Crippen LogP contribution in [0.5, 0.6) is 0 Å². The molecule has 0 atom stereocenters. The molecule has 24 heavy (non-hydrogen) atoms. The van der Waals surface area contributed by atoms with Gasteiger partial charge in [0.15, 0.2) is 0 Å². The smallest absolute Gasteiger partial charge is 0.253 e. The third-order valence-electron chi connectivity index (χ3n) is 3.57. The molecule has 5 heteroatoms. The summed E-state index contributed by atoms with van der Waals surface area (Å²) >= 11 is 3.42. The first kappa shape index (κ1) is 18.2. The monoisotopic (exact) mass is 388 g/mol. The number of benzene rings is 2. The maximum absolute atomic E-state index is 12.1. The van der Waals surface area contributed by atoms with Gasteiger partial charge < -0.3 is 10.2 Å². The third kappa shape index (κ3) is 5.20. The van der Waals surface area contributed by atoms with Gasteiger partial charge >= 0.3 is 0 Å². The predicted octanol–water partition coefficient (Wildman–Crippen LogP) is 4.03. The summed E-state index contributed by atoms with van der Waals surface area (Å²) < 4.78 is 0.943. The fraction of sp³-hybridized carbons (Fsp3) is 0.263. The Morgan fingerprint density at radius 3 is 2.33 bits per heavy atom. The second-order valence-electron chi connectivity index (χ2n) is 5.96. The summed E-state index contributed by atoms with van der Waals surface area (Å²) in [6, 6.07) is 13.2. The number of rotatable bonds is 5. The third-order valence-corrected chi connectivity index (χ3v) is 4.03. The fourth-order valence-corrected chi connectivity index (χ4v) is 2.97. The summed E-state index contributed by atoms with van der Waals surface area (Å²) in [4.78, 5) is 25.5. The first-order valence-corrected chi connectivity index (χ1v) is 8.52. The number of carbonyl (C=O) groups excluding carboxylic acids is 2. The molecule has 0 saturated heterocycles. The molecule has 2 aromatic carbocycles. The van der Waals surface area contributed by atoms with E-state index in [1.54, 1.807) is 31.1 Å². The topological polar surface area (TPSA) is 49.4 Å². The largest absolute Gasteiger partial charge is 0.345 e. The average Bonchev–Trinajstić information content (AvgIpc) is 2.51. The SMILES string of the molecule is Cc1cc(Br)cc(NC(=O)CCc2ccc(C(=O)N(C)C)cc2)c1. The Kier molecular flexibility index (Phi) is 6.15. The van der Waals surface area contributed by atoms with E-state index in [4.69, 9.17) is 0 Å². The normalized spacial score (nSPS) is 10.3.